The van der Waals surface area contributed by atoms with Crippen LogP contribution < -0.4 is 5.19 Å². The zero-order valence-corrected chi connectivity index (χ0v) is 11.2. The largest absolute Gasteiger partial charge is 0.423 e. The summed E-state index contributed by atoms with van der Waals surface area (Å²) in [5.74, 6) is 1.43. The van der Waals surface area contributed by atoms with Crippen molar-refractivity contribution in [2.45, 2.75) is 0 Å². The van der Waals surface area contributed by atoms with Gasteiger partial charge in [-0.3, -0.25) is 0 Å². The summed E-state index contributed by atoms with van der Waals surface area (Å²) in [6.45, 7) is 1.25. The van der Waals surface area contributed by atoms with Crippen LogP contribution in [0.15, 0.2) is 30.3 Å². The van der Waals surface area contributed by atoms with Crippen LogP contribution in [0.1, 0.15) is 0 Å². The molecule has 0 saturated heterocycles. The predicted octanol–water partition coefficient (Wildman–Crippen LogP) is 1.27. The Morgan fingerprint density at radius 1 is 0.933 bits per heavy atom. The van der Waals surface area contributed by atoms with Crippen molar-refractivity contribution >= 4 is 39.7 Å². The van der Waals surface area contributed by atoms with E-state index in [9.17, 15) is 0 Å². The van der Waals surface area contributed by atoms with Crippen molar-refractivity contribution in [3.8, 4) is 0 Å². The Labute approximate surface area is 104 Å². The van der Waals surface area contributed by atoms with Crippen LogP contribution in [0.25, 0.3) is 0 Å². The van der Waals surface area contributed by atoms with Crippen LogP contribution in [-0.4, -0.2) is 34.0 Å². The molecule has 0 N–H and O–H groups in total. The summed E-state index contributed by atoms with van der Waals surface area (Å²) in [6.07, 6.45) is 0. The van der Waals surface area contributed by atoms with Gasteiger partial charge in [-0.05, 0) is 5.19 Å². The summed E-state index contributed by atoms with van der Waals surface area (Å²) in [5, 5.41) is 1.13. The summed E-state index contributed by atoms with van der Waals surface area (Å²) >= 11 is 8.24. The normalized spacial score (nSPS) is 10.9. The number of hydrogen-bond acceptors (Lipinski definition) is 4. The molecule has 0 heterocycles. The lowest BCUT2D eigenvalue weighted by molar-refractivity contribution is 0.229. The van der Waals surface area contributed by atoms with Gasteiger partial charge in [0.1, 0.15) is 0 Å². The van der Waals surface area contributed by atoms with Gasteiger partial charge in [0.15, 0.2) is 0 Å². The Kier molecular flexibility index (Phi) is 7.21. The van der Waals surface area contributed by atoms with E-state index in [0.29, 0.717) is 24.7 Å². The van der Waals surface area contributed by atoms with E-state index in [-0.39, 0.29) is 0 Å². The van der Waals surface area contributed by atoms with Crippen LogP contribution in [-0.2, 0) is 8.85 Å². The molecule has 1 aromatic carbocycles. The fourth-order valence-corrected chi connectivity index (χ4v) is 3.04. The van der Waals surface area contributed by atoms with Crippen molar-refractivity contribution in [2.75, 3.05) is 24.7 Å². The highest BCUT2D eigenvalue weighted by molar-refractivity contribution is 7.80. The van der Waals surface area contributed by atoms with Crippen molar-refractivity contribution in [3.05, 3.63) is 30.3 Å². The molecule has 0 saturated carbocycles. The Hall–Kier alpha value is 0.0569. The maximum atomic E-state index is 5.65. The van der Waals surface area contributed by atoms with Crippen LogP contribution in [0.3, 0.4) is 0 Å². The summed E-state index contributed by atoms with van der Waals surface area (Å²) in [6, 6.07) is 10.0. The van der Waals surface area contributed by atoms with Crippen LogP contribution in [0.4, 0.5) is 0 Å². The lowest BCUT2D eigenvalue weighted by Crippen LogP contribution is -2.38. The Morgan fingerprint density at radius 2 is 1.47 bits per heavy atom. The molecule has 0 fully saturated rings. The van der Waals surface area contributed by atoms with E-state index in [2.05, 4.69) is 25.3 Å². The van der Waals surface area contributed by atoms with Gasteiger partial charge in [-0.25, -0.2) is 0 Å². The first-order valence-electron chi connectivity index (χ1n) is 4.78. The van der Waals surface area contributed by atoms with Gasteiger partial charge < -0.3 is 8.85 Å². The Bertz CT molecular complexity index is 251. The van der Waals surface area contributed by atoms with Crippen molar-refractivity contribution in [1.29, 1.82) is 0 Å². The van der Waals surface area contributed by atoms with Crippen LogP contribution in [0.5, 0.6) is 0 Å². The fourth-order valence-electron chi connectivity index (χ4n) is 1.06. The molecule has 0 amide bonds. The smallest absolute Gasteiger partial charge is 0.389 e. The zero-order valence-electron chi connectivity index (χ0n) is 8.43. The minimum absolute atomic E-state index is 0.624. The van der Waals surface area contributed by atoms with Gasteiger partial charge in [-0.1, -0.05) is 30.3 Å². The molecule has 2 nitrogen and oxygen atoms in total. The highest BCUT2D eigenvalue weighted by Crippen LogP contribution is 1.95. The molecule has 15 heavy (non-hydrogen) atoms. The summed E-state index contributed by atoms with van der Waals surface area (Å²) < 4.78 is 11.3. The average Bonchev–Trinajstić information content (AvgIpc) is 2.30. The van der Waals surface area contributed by atoms with Crippen molar-refractivity contribution in [2.24, 2.45) is 0 Å². The minimum Gasteiger partial charge on any atom is -0.389 e. The molecule has 0 aliphatic carbocycles. The van der Waals surface area contributed by atoms with Crippen LogP contribution >= 0.6 is 25.3 Å². The maximum Gasteiger partial charge on any atom is 0.423 e. The molecular formula is C10H15O2S2Si. The summed E-state index contributed by atoms with van der Waals surface area (Å²) in [7, 11) is -1.35. The molecule has 0 aromatic heterocycles. The first-order valence-corrected chi connectivity index (χ1v) is 7.36. The molecule has 5 heteroatoms. The second kappa shape index (κ2) is 8.24. The Balaban J connectivity index is 2.55. The van der Waals surface area contributed by atoms with Gasteiger partial charge in [0.2, 0.25) is 0 Å². The molecular weight excluding hydrogens is 244 g/mol. The first kappa shape index (κ1) is 13.1. The minimum atomic E-state index is -1.35. The van der Waals surface area contributed by atoms with E-state index in [0.717, 1.165) is 5.19 Å². The van der Waals surface area contributed by atoms with E-state index in [4.69, 9.17) is 8.85 Å². The van der Waals surface area contributed by atoms with Crippen LogP contribution in [0.2, 0.25) is 0 Å². The van der Waals surface area contributed by atoms with Crippen molar-refractivity contribution in [3.63, 3.8) is 0 Å². The second-order valence-corrected chi connectivity index (χ2v) is 5.42. The monoisotopic (exact) mass is 259 g/mol. The van der Waals surface area contributed by atoms with Gasteiger partial charge in [-0.15, -0.1) is 0 Å². The summed E-state index contributed by atoms with van der Waals surface area (Å²) in [4.78, 5) is 0. The molecule has 83 valence electrons. The predicted molar refractivity (Wildman–Crippen MR) is 71.4 cm³/mol. The highest BCUT2D eigenvalue weighted by Gasteiger charge is 2.17. The maximum absolute atomic E-state index is 5.65. The number of rotatable bonds is 7. The second-order valence-electron chi connectivity index (χ2n) is 2.80. The van der Waals surface area contributed by atoms with Gasteiger partial charge in [0, 0.05) is 24.7 Å². The first-order chi connectivity index (χ1) is 7.38. The zero-order chi connectivity index (χ0) is 10.9. The molecule has 1 rings (SSSR count). The molecule has 0 aliphatic heterocycles. The third kappa shape index (κ3) is 5.08. The lowest BCUT2D eigenvalue weighted by atomic mass is 10.4. The van der Waals surface area contributed by atoms with Gasteiger partial charge in [-0.2, -0.15) is 25.3 Å². The third-order valence-electron chi connectivity index (χ3n) is 1.66. The van der Waals surface area contributed by atoms with Crippen molar-refractivity contribution in [1.82, 2.24) is 0 Å². The van der Waals surface area contributed by atoms with E-state index in [1.165, 1.54) is 0 Å². The number of benzene rings is 1. The van der Waals surface area contributed by atoms with E-state index >= 15 is 0 Å². The molecule has 1 radical (unpaired) electrons. The standard InChI is InChI=1S/C10H15O2S2Si/c13-8-6-11-15(12-7-9-14)10-4-2-1-3-5-10/h1-5,13-14H,6-9H2. The van der Waals surface area contributed by atoms with Crippen LogP contribution in [0, 0.1) is 0 Å². The molecule has 0 bridgehead atoms. The molecule has 0 unspecified atom stereocenters. The highest BCUT2D eigenvalue weighted by atomic mass is 32.1. The Morgan fingerprint density at radius 3 is 1.93 bits per heavy atom. The molecule has 1 aromatic rings. The van der Waals surface area contributed by atoms with E-state index in [1.54, 1.807) is 0 Å². The number of thiol groups is 2. The summed E-state index contributed by atoms with van der Waals surface area (Å²) in [5.41, 5.74) is 0. The molecule has 0 aliphatic rings. The molecule has 0 spiro atoms. The SMILES string of the molecule is SCCO[Si](OCCS)c1ccccc1. The van der Waals surface area contributed by atoms with Crippen molar-refractivity contribution < 1.29 is 8.85 Å². The fraction of sp³-hybridized carbons (Fsp3) is 0.400. The molecule has 0 atom stereocenters. The topological polar surface area (TPSA) is 18.5 Å². The third-order valence-corrected chi connectivity index (χ3v) is 3.76. The van der Waals surface area contributed by atoms with E-state index in [1.807, 2.05) is 30.3 Å². The van der Waals surface area contributed by atoms with Gasteiger partial charge >= 0.3 is 9.28 Å². The average molecular weight is 259 g/mol. The van der Waals surface area contributed by atoms with E-state index < -0.39 is 9.28 Å². The quantitative estimate of drug-likeness (QED) is 0.568. The lowest BCUT2D eigenvalue weighted by Gasteiger charge is -2.14. The van der Waals surface area contributed by atoms with Gasteiger partial charge in [0.25, 0.3) is 0 Å². The number of hydrogen-bond donors (Lipinski definition) is 2. The van der Waals surface area contributed by atoms with Gasteiger partial charge in [0.05, 0.1) is 0 Å².